The Labute approximate surface area is 100 Å². The number of fused-ring (bicyclic) bond motifs is 1. The fourth-order valence-corrected chi connectivity index (χ4v) is 2.32. The SMILES string of the molecule is O=C(O)c1ccn2c(C3CC3)nc(Br)c2c1. The van der Waals surface area contributed by atoms with Gasteiger partial charge in [0.1, 0.15) is 10.4 Å². The van der Waals surface area contributed by atoms with Crippen LogP contribution in [0.15, 0.2) is 22.9 Å². The fourth-order valence-electron chi connectivity index (χ4n) is 1.83. The lowest BCUT2D eigenvalue weighted by molar-refractivity contribution is 0.0697. The molecule has 0 amide bonds. The van der Waals surface area contributed by atoms with Crippen molar-refractivity contribution in [1.82, 2.24) is 9.38 Å². The lowest BCUT2D eigenvalue weighted by atomic mass is 10.2. The Morgan fingerprint density at radius 3 is 2.94 bits per heavy atom. The molecule has 0 spiro atoms. The molecular weight excluding hydrogens is 272 g/mol. The van der Waals surface area contributed by atoms with Gasteiger partial charge >= 0.3 is 5.97 Å². The number of carboxylic acids is 1. The predicted molar refractivity (Wildman–Crippen MR) is 61.8 cm³/mol. The number of imidazole rings is 1. The topological polar surface area (TPSA) is 54.6 Å². The predicted octanol–water partition coefficient (Wildman–Crippen LogP) is 2.67. The third-order valence-electron chi connectivity index (χ3n) is 2.82. The van der Waals surface area contributed by atoms with Gasteiger partial charge in [0.2, 0.25) is 0 Å². The summed E-state index contributed by atoms with van der Waals surface area (Å²) in [7, 11) is 0. The summed E-state index contributed by atoms with van der Waals surface area (Å²) in [5.74, 6) is 0.650. The number of carbonyl (C=O) groups is 1. The molecule has 3 rings (SSSR count). The molecule has 82 valence electrons. The van der Waals surface area contributed by atoms with Gasteiger partial charge in [-0.15, -0.1) is 0 Å². The van der Waals surface area contributed by atoms with Gasteiger partial charge in [-0.1, -0.05) is 0 Å². The van der Waals surface area contributed by atoms with Crippen molar-refractivity contribution >= 4 is 27.4 Å². The van der Waals surface area contributed by atoms with Gasteiger partial charge in [0.05, 0.1) is 11.1 Å². The van der Waals surface area contributed by atoms with Crippen LogP contribution in [0.3, 0.4) is 0 Å². The van der Waals surface area contributed by atoms with Crippen molar-refractivity contribution < 1.29 is 9.90 Å². The Morgan fingerprint density at radius 1 is 1.56 bits per heavy atom. The van der Waals surface area contributed by atoms with Gasteiger partial charge in [0.25, 0.3) is 0 Å². The molecule has 1 aliphatic rings. The lowest BCUT2D eigenvalue weighted by Crippen LogP contribution is -1.98. The van der Waals surface area contributed by atoms with Crippen LogP contribution in [0, 0.1) is 0 Å². The van der Waals surface area contributed by atoms with Crippen molar-refractivity contribution in [3.63, 3.8) is 0 Å². The number of carboxylic acid groups (broad SMARTS) is 1. The van der Waals surface area contributed by atoms with E-state index in [1.54, 1.807) is 18.3 Å². The number of hydrogen-bond donors (Lipinski definition) is 1. The summed E-state index contributed by atoms with van der Waals surface area (Å²) < 4.78 is 2.69. The molecule has 2 heterocycles. The second kappa shape index (κ2) is 3.31. The van der Waals surface area contributed by atoms with E-state index in [0.29, 0.717) is 5.92 Å². The van der Waals surface area contributed by atoms with Crippen LogP contribution in [0.2, 0.25) is 0 Å². The quantitative estimate of drug-likeness (QED) is 0.920. The van der Waals surface area contributed by atoms with Gasteiger partial charge in [-0.3, -0.25) is 0 Å². The van der Waals surface area contributed by atoms with Crippen LogP contribution >= 0.6 is 15.9 Å². The van der Waals surface area contributed by atoms with E-state index in [2.05, 4.69) is 20.9 Å². The summed E-state index contributed by atoms with van der Waals surface area (Å²) in [5.41, 5.74) is 1.11. The van der Waals surface area contributed by atoms with Crippen molar-refractivity contribution in [1.29, 1.82) is 0 Å². The van der Waals surface area contributed by atoms with Gasteiger partial charge in [-0.2, -0.15) is 0 Å². The number of aromatic nitrogens is 2. The third kappa shape index (κ3) is 1.43. The lowest BCUT2D eigenvalue weighted by Gasteiger charge is -2.00. The maximum atomic E-state index is 10.9. The molecule has 0 bridgehead atoms. The van der Waals surface area contributed by atoms with Crippen LogP contribution in [-0.4, -0.2) is 20.5 Å². The molecule has 0 atom stereocenters. The molecule has 2 aromatic heterocycles. The summed E-state index contributed by atoms with van der Waals surface area (Å²) in [5, 5.41) is 8.92. The van der Waals surface area contributed by atoms with E-state index < -0.39 is 5.97 Å². The normalized spacial score (nSPS) is 15.6. The largest absolute Gasteiger partial charge is 0.478 e. The highest BCUT2D eigenvalue weighted by molar-refractivity contribution is 9.10. The fraction of sp³-hybridized carbons (Fsp3) is 0.273. The standard InChI is InChI=1S/C11H9BrN2O2/c12-9-8-5-7(11(15)16)3-4-14(8)10(13-9)6-1-2-6/h3-6H,1-2H2,(H,15,16). The van der Waals surface area contributed by atoms with Gasteiger partial charge in [-0.05, 0) is 40.9 Å². The molecule has 1 N–H and O–H groups in total. The van der Waals surface area contributed by atoms with E-state index in [1.165, 1.54) is 12.8 Å². The van der Waals surface area contributed by atoms with Crippen molar-refractivity contribution in [3.8, 4) is 0 Å². The van der Waals surface area contributed by atoms with Crippen LogP contribution in [0.25, 0.3) is 5.52 Å². The number of pyridine rings is 1. The summed E-state index contributed by atoms with van der Waals surface area (Å²) in [6.07, 6.45) is 4.13. The zero-order valence-corrected chi connectivity index (χ0v) is 9.94. The first-order valence-corrected chi connectivity index (χ1v) is 5.87. The van der Waals surface area contributed by atoms with Crippen molar-refractivity contribution in [2.45, 2.75) is 18.8 Å². The smallest absolute Gasteiger partial charge is 0.335 e. The molecule has 1 aliphatic carbocycles. The Bertz CT molecular complexity index is 587. The van der Waals surface area contributed by atoms with E-state index in [-0.39, 0.29) is 5.56 Å². The van der Waals surface area contributed by atoms with Crippen LogP contribution in [-0.2, 0) is 0 Å². The van der Waals surface area contributed by atoms with Gasteiger partial charge < -0.3 is 9.51 Å². The Hall–Kier alpha value is -1.36. The van der Waals surface area contributed by atoms with Crippen LogP contribution < -0.4 is 0 Å². The van der Waals surface area contributed by atoms with E-state index >= 15 is 0 Å². The second-order valence-corrected chi connectivity index (χ2v) is 4.76. The number of aromatic carboxylic acids is 1. The average molecular weight is 281 g/mol. The van der Waals surface area contributed by atoms with Crippen LogP contribution in [0.4, 0.5) is 0 Å². The van der Waals surface area contributed by atoms with Crippen LogP contribution in [0.5, 0.6) is 0 Å². The molecule has 1 fully saturated rings. The average Bonchev–Trinajstić information content (AvgIpc) is 3.04. The Kier molecular flexibility index (Phi) is 2.04. The van der Waals surface area contributed by atoms with Crippen molar-refractivity contribution in [2.75, 3.05) is 0 Å². The third-order valence-corrected chi connectivity index (χ3v) is 3.40. The molecule has 4 nitrogen and oxygen atoms in total. The monoisotopic (exact) mass is 280 g/mol. The number of halogens is 1. The van der Waals surface area contributed by atoms with E-state index in [9.17, 15) is 4.79 Å². The van der Waals surface area contributed by atoms with Gasteiger partial charge in [0.15, 0.2) is 0 Å². The number of hydrogen-bond acceptors (Lipinski definition) is 2. The highest BCUT2D eigenvalue weighted by atomic mass is 79.9. The summed E-state index contributed by atoms with van der Waals surface area (Å²) in [6, 6.07) is 3.25. The first kappa shape index (κ1) is 9.84. The Balaban J connectivity index is 2.24. The molecule has 5 heteroatoms. The Morgan fingerprint density at radius 2 is 2.31 bits per heavy atom. The minimum atomic E-state index is -0.913. The minimum absolute atomic E-state index is 0.287. The highest BCUT2D eigenvalue weighted by Gasteiger charge is 2.29. The van der Waals surface area contributed by atoms with E-state index in [4.69, 9.17) is 5.11 Å². The van der Waals surface area contributed by atoms with Crippen molar-refractivity contribution in [3.05, 3.63) is 34.3 Å². The molecule has 1 saturated carbocycles. The second-order valence-electron chi connectivity index (χ2n) is 4.01. The molecule has 0 saturated heterocycles. The maximum absolute atomic E-state index is 10.9. The first-order chi connectivity index (χ1) is 7.66. The van der Waals surface area contributed by atoms with Gasteiger partial charge in [0, 0.05) is 12.1 Å². The molecular formula is C11H9BrN2O2. The number of nitrogens with zero attached hydrogens (tertiary/aromatic N) is 2. The first-order valence-electron chi connectivity index (χ1n) is 5.07. The highest BCUT2D eigenvalue weighted by Crippen LogP contribution is 2.40. The maximum Gasteiger partial charge on any atom is 0.335 e. The molecule has 16 heavy (non-hydrogen) atoms. The molecule has 0 radical (unpaired) electrons. The molecule has 0 aromatic carbocycles. The van der Waals surface area contributed by atoms with Gasteiger partial charge in [-0.25, -0.2) is 9.78 Å². The van der Waals surface area contributed by atoms with Crippen LogP contribution in [0.1, 0.15) is 34.9 Å². The van der Waals surface area contributed by atoms with E-state index in [1.807, 2.05) is 4.40 Å². The summed E-state index contributed by atoms with van der Waals surface area (Å²) >= 11 is 3.37. The zero-order valence-electron chi connectivity index (χ0n) is 8.35. The molecule has 0 unspecified atom stereocenters. The minimum Gasteiger partial charge on any atom is -0.478 e. The number of rotatable bonds is 2. The summed E-state index contributed by atoms with van der Waals surface area (Å²) in [4.78, 5) is 15.3. The zero-order chi connectivity index (χ0) is 11.3. The molecule has 0 aliphatic heterocycles. The van der Waals surface area contributed by atoms with Crippen molar-refractivity contribution in [2.24, 2.45) is 0 Å². The molecule has 2 aromatic rings. The van der Waals surface area contributed by atoms with E-state index in [0.717, 1.165) is 15.9 Å². The summed E-state index contributed by atoms with van der Waals surface area (Å²) in [6.45, 7) is 0.